The number of rotatable bonds is 7. The van der Waals surface area contributed by atoms with Gasteiger partial charge in [0, 0.05) is 31.1 Å². The summed E-state index contributed by atoms with van der Waals surface area (Å²) in [6.07, 6.45) is -4.67. The van der Waals surface area contributed by atoms with Crippen LogP contribution in [0.2, 0.25) is 10.3 Å². The van der Waals surface area contributed by atoms with Gasteiger partial charge in [0.05, 0.1) is 5.56 Å². The van der Waals surface area contributed by atoms with Gasteiger partial charge in [0.15, 0.2) is 0 Å². The molecule has 0 amide bonds. The molecule has 0 fully saturated rings. The van der Waals surface area contributed by atoms with Crippen LogP contribution in [-0.4, -0.2) is 29.8 Å². The van der Waals surface area contributed by atoms with Crippen LogP contribution in [0.1, 0.15) is 18.1 Å². The quantitative estimate of drug-likeness (QED) is 0.278. The maximum Gasteiger partial charge on any atom is 0.417 e. The van der Waals surface area contributed by atoms with Crippen molar-refractivity contribution >= 4 is 46.2 Å². The minimum Gasteiger partial charge on any atom is -0.373 e. The molecule has 7 nitrogen and oxygen atoms in total. The average molecular weight is 448 g/mol. The Balaban J connectivity index is 2.31. The number of hydrazine groups is 1. The number of anilines is 3. The molecule has 0 saturated heterocycles. The first-order valence-electron chi connectivity index (χ1n) is 8.07. The molecule has 12 heteroatoms. The molecule has 0 spiro atoms. The minimum atomic E-state index is -4.67. The highest BCUT2D eigenvalue weighted by Crippen LogP contribution is 2.36. The molecule has 0 atom stereocenters. The zero-order valence-corrected chi connectivity index (χ0v) is 17.2. The van der Waals surface area contributed by atoms with Crippen LogP contribution in [0.25, 0.3) is 0 Å². The molecule has 0 aliphatic rings. The van der Waals surface area contributed by atoms with Gasteiger partial charge in [0.2, 0.25) is 0 Å². The zero-order chi connectivity index (χ0) is 21.9. The van der Waals surface area contributed by atoms with Gasteiger partial charge < -0.3 is 16.0 Å². The molecule has 2 aromatic heterocycles. The Bertz CT molecular complexity index is 927. The van der Waals surface area contributed by atoms with Gasteiger partial charge in [0.25, 0.3) is 0 Å². The lowest BCUT2D eigenvalue weighted by molar-refractivity contribution is -0.137. The van der Waals surface area contributed by atoms with Crippen molar-refractivity contribution in [1.29, 1.82) is 5.41 Å². The third-order valence-corrected chi connectivity index (χ3v) is 4.01. The molecular weight excluding hydrogens is 430 g/mol. The van der Waals surface area contributed by atoms with E-state index in [1.54, 1.807) is 0 Å². The van der Waals surface area contributed by atoms with Gasteiger partial charge in [-0.25, -0.2) is 9.97 Å². The van der Waals surface area contributed by atoms with Crippen LogP contribution in [-0.2, 0) is 6.18 Å². The number of hydrogen-bond acceptors (Lipinski definition) is 7. The third kappa shape index (κ3) is 5.64. The number of aromatic nitrogens is 2. The lowest BCUT2D eigenvalue weighted by Gasteiger charge is -2.25. The lowest BCUT2D eigenvalue weighted by Crippen LogP contribution is -2.37. The summed E-state index contributed by atoms with van der Waals surface area (Å²) in [5.41, 5.74) is 1.72. The molecule has 4 N–H and O–H groups in total. The Kier molecular flexibility index (Phi) is 6.81. The molecule has 2 rings (SSSR count). The van der Waals surface area contributed by atoms with Crippen molar-refractivity contribution in [2.45, 2.75) is 13.1 Å². The van der Waals surface area contributed by atoms with Crippen LogP contribution >= 0.6 is 23.2 Å². The Morgan fingerprint density at radius 3 is 2.24 bits per heavy atom. The first-order chi connectivity index (χ1) is 13.4. The van der Waals surface area contributed by atoms with Crippen molar-refractivity contribution in [1.82, 2.24) is 15.4 Å². The van der Waals surface area contributed by atoms with Crippen LogP contribution in [0, 0.1) is 5.41 Å². The standard InChI is InChI=1S/C17H18Cl2F3N7/c1-8(23)15-11(17(20,21)22)7-14(27-16(15)24-3)29(4)28-9(2)25-10-5-12(18)26-13(19)6-10/h5-7,23,28H,2H2,1,3-4H3,(H,24,27)(H,25,26). The first kappa shape index (κ1) is 22.6. The second kappa shape index (κ2) is 8.75. The van der Waals surface area contributed by atoms with Crippen molar-refractivity contribution in [3.63, 3.8) is 0 Å². The van der Waals surface area contributed by atoms with E-state index in [1.807, 2.05) is 0 Å². The first-order valence-corrected chi connectivity index (χ1v) is 8.83. The molecular formula is C17H18Cl2F3N7. The summed E-state index contributed by atoms with van der Waals surface area (Å²) in [6, 6.07) is 3.86. The fraction of sp³-hybridized carbons (Fsp3) is 0.235. The minimum absolute atomic E-state index is 0.0413. The van der Waals surface area contributed by atoms with Gasteiger partial charge in [-0.1, -0.05) is 29.8 Å². The van der Waals surface area contributed by atoms with E-state index in [-0.39, 0.29) is 39.0 Å². The number of alkyl halides is 3. The summed E-state index contributed by atoms with van der Waals surface area (Å²) < 4.78 is 40.6. The summed E-state index contributed by atoms with van der Waals surface area (Å²) in [7, 11) is 2.90. The highest BCUT2D eigenvalue weighted by atomic mass is 35.5. The number of hydrogen-bond donors (Lipinski definition) is 4. The summed E-state index contributed by atoms with van der Waals surface area (Å²) in [5.74, 6) is 0.113. The van der Waals surface area contributed by atoms with Crippen molar-refractivity contribution in [3.8, 4) is 0 Å². The summed E-state index contributed by atoms with van der Waals surface area (Å²) in [5, 5.41) is 14.7. The predicted molar refractivity (Wildman–Crippen MR) is 110 cm³/mol. The molecule has 0 unspecified atom stereocenters. The van der Waals surface area contributed by atoms with Crippen LogP contribution in [0.4, 0.5) is 30.5 Å². The number of nitrogens with zero attached hydrogens (tertiary/aromatic N) is 3. The monoisotopic (exact) mass is 447 g/mol. The molecule has 0 aliphatic carbocycles. The van der Waals surface area contributed by atoms with E-state index in [4.69, 9.17) is 28.6 Å². The van der Waals surface area contributed by atoms with E-state index >= 15 is 0 Å². The number of halogens is 5. The SMILES string of the molecule is C=C(Nc1cc(Cl)nc(Cl)c1)NN(C)c1cc(C(F)(F)F)c(C(C)=N)c(NC)n1. The number of nitrogens with one attached hydrogen (secondary N) is 4. The lowest BCUT2D eigenvalue weighted by atomic mass is 10.0. The van der Waals surface area contributed by atoms with E-state index in [9.17, 15) is 13.2 Å². The van der Waals surface area contributed by atoms with Crippen molar-refractivity contribution in [3.05, 3.63) is 52.0 Å². The second-order valence-electron chi connectivity index (χ2n) is 5.90. The van der Waals surface area contributed by atoms with Gasteiger partial charge in [-0.05, 0) is 25.1 Å². The van der Waals surface area contributed by atoms with Crippen molar-refractivity contribution < 1.29 is 13.2 Å². The molecule has 156 valence electrons. The van der Waals surface area contributed by atoms with E-state index in [2.05, 4.69) is 32.6 Å². The van der Waals surface area contributed by atoms with E-state index in [1.165, 1.54) is 38.2 Å². The van der Waals surface area contributed by atoms with Crippen LogP contribution in [0.15, 0.2) is 30.6 Å². The Hall–Kier alpha value is -2.72. The molecule has 0 saturated carbocycles. The van der Waals surface area contributed by atoms with Gasteiger partial charge >= 0.3 is 6.18 Å². The molecule has 0 aliphatic heterocycles. The van der Waals surface area contributed by atoms with Crippen molar-refractivity contribution in [2.24, 2.45) is 0 Å². The summed E-state index contributed by atoms with van der Waals surface area (Å²) >= 11 is 11.7. The Labute approximate surface area is 175 Å². The molecule has 0 aromatic carbocycles. The highest BCUT2D eigenvalue weighted by Gasteiger charge is 2.36. The normalized spacial score (nSPS) is 11.0. The average Bonchev–Trinajstić information content (AvgIpc) is 2.58. The fourth-order valence-electron chi connectivity index (χ4n) is 2.49. The zero-order valence-electron chi connectivity index (χ0n) is 15.7. The topological polar surface area (TPSA) is 89.0 Å². The largest absolute Gasteiger partial charge is 0.417 e. The van der Waals surface area contributed by atoms with Crippen LogP contribution in [0.5, 0.6) is 0 Å². The maximum absolute atomic E-state index is 13.5. The fourth-order valence-corrected chi connectivity index (χ4v) is 2.95. The molecule has 2 heterocycles. The van der Waals surface area contributed by atoms with Gasteiger partial charge in [-0.3, -0.25) is 10.4 Å². The van der Waals surface area contributed by atoms with Gasteiger partial charge in [-0.2, -0.15) is 13.2 Å². The molecule has 29 heavy (non-hydrogen) atoms. The highest BCUT2D eigenvalue weighted by molar-refractivity contribution is 6.32. The molecule has 0 bridgehead atoms. The van der Waals surface area contributed by atoms with E-state index in [0.717, 1.165) is 6.07 Å². The van der Waals surface area contributed by atoms with Crippen molar-refractivity contribution in [2.75, 3.05) is 29.7 Å². The summed E-state index contributed by atoms with van der Waals surface area (Å²) in [6.45, 7) is 5.03. The number of pyridine rings is 2. The smallest absolute Gasteiger partial charge is 0.373 e. The van der Waals surface area contributed by atoms with E-state index in [0.29, 0.717) is 5.69 Å². The summed E-state index contributed by atoms with van der Waals surface area (Å²) in [4.78, 5) is 7.98. The maximum atomic E-state index is 13.5. The van der Waals surface area contributed by atoms with E-state index < -0.39 is 11.7 Å². The van der Waals surface area contributed by atoms with Crippen LogP contribution < -0.4 is 21.1 Å². The Morgan fingerprint density at radius 2 is 1.76 bits per heavy atom. The molecule has 2 aromatic rings. The second-order valence-corrected chi connectivity index (χ2v) is 6.67. The third-order valence-electron chi connectivity index (χ3n) is 3.63. The predicted octanol–water partition coefficient (Wildman–Crippen LogP) is 4.76. The van der Waals surface area contributed by atoms with Crippen LogP contribution in [0.3, 0.4) is 0 Å². The Morgan fingerprint density at radius 1 is 1.17 bits per heavy atom. The molecule has 0 radical (unpaired) electrons. The van der Waals surface area contributed by atoms with Gasteiger partial charge in [-0.15, -0.1) is 0 Å². The van der Waals surface area contributed by atoms with Gasteiger partial charge in [0.1, 0.15) is 27.8 Å².